The summed E-state index contributed by atoms with van der Waals surface area (Å²) in [4.78, 5) is 31.7. The highest BCUT2D eigenvalue weighted by molar-refractivity contribution is 7.21. The molecule has 8 heteroatoms. The molecule has 2 amide bonds. The number of amides is 2. The summed E-state index contributed by atoms with van der Waals surface area (Å²) in [6.45, 7) is 3.02. The number of ether oxygens (including phenoxy) is 2. The highest BCUT2D eigenvalue weighted by Crippen LogP contribution is 2.34. The van der Waals surface area contributed by atoms with E-state index >= 15 is 0 Å². The van der Waals surface area contributed by atoms with Gasteiger partial charge in [0.1, 0.15) is 5.01 Å². The third kappa shape index (κ3) is 3.76. The maximum Gasteiger partial charge on any atom is 0.254 e. The lowest BCUT2D eigenvalue weighted by Gasteiger charge is -2.38. The van der Waals surface area contributed by atoms with Gasteiger partial charge in [0.2, 0.25) is 12.7 Å². The Morgan fingerprint density at radius 3 is 2.62 bits per heavy atom. The molecule has 6 rings (SSSR count). The zero-order valence-corrected chi connectivity index (χ0v) is 19.2. The van der Waals surface area contributed by atoms with Crippen LogP contribution in [0.1, 0.15) is 15.9 Å². The van der Waals surface area contributed by atoms with E-state index in [1.807, 2.05) is 30.3 Å². The Kier molecular flexibility index (Phi) is 4.95. The number of rotatable bonds is 4. The van der Waals surface area contributed by atoms with E-state index in [-0.39, 0.29) is 24.5 Å². The Morgan fingerprint density at radius 1 is 1.00 bits per heavy atom. The van der Waals surface area contributed by atoms with Gasteiger partial charge < -0.3 is 19.7 Å². The second-order valence-corrected chi connectivity index (χ2v) is 9.56. The van der Waals surface area contributed by atoms with Crippen molar-refractivity contribution in [3.8, 4) is 22.1 Å². The van der Waals surface area contributed by atoms with Gasteiger partial charge in [-0.05, 0) is 67.1 Å². The van der Waals surface area contributed by atoms with Gasteiger partial charge in [0, 0.05) is 29.9 Å². The lowest BCUT2D eigenvalue weighted by Crippen LogP contribution is -2.54. The molecule has 1 fully saturated rings. The van der Waals surface area contributed by atoms with Crippen LogP contribution in [0.25, 0.3) is 20.8 Å². The van der Waals surface area contributed by atoms with Crippen molar-refractivity contribution < 1.29 is 19.1 Å². The van der Waals surface area contributed by atoms with Crippen LogP contribution in [-0.2, 0) is 4.79 Å². The Balaban J connectivity index is 1.06. The molecule has 0 aliphatic carbocycles. The summed E-state index contributed by atoms with van der Waals surface area (Å²) < 4.78 is 11.8. The van der Waals surface area contributed by atoms with Gasteiger partial charge in [0.05, 0.1) is 16.1 Å². The minimum atomic E-state index is -0.231. The number of hydrogen-bond donors (Lipinski definition) is 1. The SMILES string of the molecule is Cc1ccc2nc(-c3ccc(NC(=O)C4CN(C(=O)c5ccc6c(c5)OCO6)C4)cc3)sc2c1. The molecule has 1 N–H and O–H groups in total. The molecule has 170 valence electrons. The van der Waals surface area contributed by atoms with Crippen molar-refractivity contribution in [2.24, 2.45) is 5.92 Å². The molecule has 4 aromatic rings. The van der Waals surface area contributed by atoms with Gasteiger partial charge in [-0.1, -0.05) is 6.07 Å². The van der Waals surface area contributed by atoms with Crippen molar-refractivity contribution in [3.63, 3.8) is 0 Å². The summed E-state index contributed by atoms with van der Waals surface area (Å²) in [6, 6.07) is 19.1. The number of hydrogen-bond acceptors (Lipinski definition) is 6. The molecule has 0 saturated carbocycles. The van der Waals surface area contributed by atoms with Gasteiger partial charge in [-0.2, -0.15) is 0 Å². The number of thiazole rings is 1. The number of nitrogens with zero attached hydrogens (tertiary/aromatic N) is 2. The van der Waals surface area contributed by atoms with Crippen LogP contribution in [0.4, 0.5) is 5.69 Å². The predicted octanol–water partition coefficient (Wildman–Crippen LogP) is 4.71. The number of aromatic nitrogens is 1. The first kappa shape index (κ1) is 20.7. The highest BCUT2D eigenvalue weighted by Gasteiger charge is 2.36. The Morgan fingerprint density at radius 2 is 1.79 bits per heavy atom. The zero-order valence-electron chi connectivity index (χ0n) is 18.4. The lowest BCUT2D eigenvalue weighted by atomic mass is 9.97. The summed E-state index contributed by atoms with van der Waals surface area (Å²) >= 11 is 1.66. The second-order valence-electron chi connectivity index (χ2n) is 8.53. The molecule has 34 heavy (non-hydrogen) atoms. The normalized spacial score (nSPS) is 14.8. The fourth-order valence-corrected chi connectivity index (χ4v) is 5.19. The smallest absolute Gasteiger partial charge is 0.254 e. The van der Waals surface area contributed by atoms with Crippen LogP contribution in [0, 0.1) is 12.8 Å². The molecule has 2 aliphatic rings. The molecule has 1 saturated heterocycles. The average Bonchev–Trinajstić information content (AvgIpc) is 3.44. The van der Waals surface area contributed by atoms with Crippen molar-refractivity contribution in [1.29, 1.82) is 0 Å². The first-order chi connectivity index (χ1) is 16.5. The minimum Gasteiger partial charge on any atom is -0.454 e. The largest absolute Gasteiger partial charge is 0.454 e. The van der Waals surface area contributed by atoms with Crippen LogP contribution >= 0.6 is 11.3 Å². The molecule has 7 nitrogen and oxygen atoms in total. The van der Waals surface area contributed by atoms with E-state index in [9.17, 15) is 9.59 Å². The van der Waals surface area contributed by atoms with E-state index in [4.69, 9.17) is 14.5 Å². The monoisotopic (exact) mass is 471 g/mol. The fraction of sp³-hybridized carbons (Fsp3) is 0.192. The summed E-state index contributed by atoms with van der Waals surface area (Å²) in [5, 5.41) is 3.91. The van der Waals surface area contributed by atoms with Gasteiger partial charge in [-0.3, -0.25) is 9.59 Å². The quantitative estimate of drug-likeness (QED) is 0.466. The number of carbonyl (C=O) groups is 2. The molecule has 0 unspecified atom stereocenters. The molecule has 0 radical (unpaired) electrons. The van der Waals surface area contributed by atoms with Crippen LogP contribution in [0.15, 0.2) is 60.7 Å². The van der Waals surface area contributed by atoms with Crippen molar-refractivity contribution in [2.45, 2.75) is 6.92 Å². The van der Waals surface area contributed by atoms with Crippen molar-refractivity contribution in [2.75, 3.05) is 25.2 Å². The molecule has 0 atom stereocenters. The lowest BCUT2D eigenvalue weighted by molar-refractivity contribution is -0.123. The fourth-order valence-electron chi connectivity index (χ4n) is 4.12. The van der Waals surface area contributed by atoms with E-state index in [1.54, 1.807) is 34.4 Å². The zero-order chi connectivity index (χ0) is 23.2. The van der Waals surface area contributed by atoms with Gasteiger partial charge >= 0.3 is 0 Å². The van der Waals surface area contributed by atoms with E-state index < -0.39 is 0 Å². The van der Waals surface area contributed by atoms with Crippen molar-refractivity contribution >= 4 is 39.1 Å². The standard InChI is InChI=1S/C26H21N3O4S/c1-15-2-8-20-23(10-15)34-25(28-20)16-3-6-19(7-4-16)27-24(30)18-12-29(13-18)26(31)17-5-9-21-22(11-17)33-14-32-21/h2-11,18H,12-14H2,1H3,(H,27,30). The summed E-state index contributed by atoms with van der Waals surface area (Å²) in [6.07, 6.45) is 0. The Hall–Kier alpha value is -3.91. The average molecular weight is 472 g/mol. The number of fused-ring (bicyclic) bond motifs is 2. The van der Waals surface area contributed by atoms with Crippen LogP contribution in [0.3, 0.4) is 0 Å². The molecular formula is C26H21N3O4S. The number of nitrogens with one attached hydrogen (secondary N) is 1. The molecule has 0 bridgehead atoms. The van der Waals surface area contributed by atoms with Gasteiger partial charge in [-0.25, -0.2) is 4.98 Å². The third-order valence-corrected chi connectivity index (χ3v) is 7.17. The van der Waals surface area contributed by atoms with E-state index in [0.29, 0.717) is 30.2 Å². The molecular weight excluding hydrogens is 450 g/mol. The van der Waals surface area contributed by atoms with Crippen LogP contribution in [0.5, 0.6) is 11.5 Å². The van der Waals surface area contributed by atoms with Crippen molar-refractivity contribution in [3.05, 3.63) is 71.8 Å². The Bertz CT molecular complexity index is 1420. The van der Waals surface area contributed by atoms with E-state index in [1.165, 1.54) is 5.56 Å². The maximum atomic E-state index is 12.7. The molecule has 1 aromatic heterocycles. The number of likely N-dealkylation sites (tertiary alicyclic amines) is 1. The van der Waals surface area contributed by atoms with Crippen LogP contribution in [-0.4, -0.2) is 41.6 Å². The van der Waals surface area contributed by atoms with Crippen molar-refractivity contribution in [1.82, 2.24) is 9.88 Å². The van der Waals surface area contributed by atoms with Crippen LogP contribution in [0.2, 0.25) is 0 Å². The third-order valence-electron chi connectivity index (χ3n) is 6.10. The number of anilines is 1. The molecule has 2 aliphatic heterocycles. The molecule has 3 aromatic carbocycles. The summed E-state index contributed by atoms with van der Waals surface area (Å²) in [5.74, 6) is 0.785. The molecule has 0 spiro atoms. The molecule has 3 heterocycles. The number of aryl methyl sites for hydroxylation is 1. The topological polar surface area (TPSA) is 80.8 Å². The minimum absolute atomic E-state index is 0.0852. The van der Waals surface area contributed by atoms with Gasteiger partial charge in [-0.15, -0.1) is 11.3 Å². The number of carbonyl (C=O) groups excluding carboxylic acids is 2. The summed E-state index contributed by atoms with van der Waals surface area (Å²) in [7, 11) is 0. The summed E-state index contributed by atoms with van der Waals surface area (Å²) in [5.41, 5.74) is 4.48. The second kappa shape index (κ2) is 8.14. The number of benzene rings is 3. The maximum absolute atomic E-state index is 12.7. The highest BCUT2D eigenvalue weighted by atomic mass is 32.1. The Labute approximate surface area is 199 Å². The van der Waals surface area contributed by atoms with Crippen LogP contribution < -0.4 is 14.8 Å². The van der Waals surface area contributed by atoms with Gasteiger partial charge in [0.15, 0.2) is 11.5 Å². The van der Waals surface area contributed by atoms with E-state index in [0.717, 1.165) is 26.5 Å². The first-order valence-electron chi connectivity index (χ1n) is 11.0. The van der Waals surface area contributed by atoms with E-state index in [2.05, 4.69) is 24.4 Å². The first-order valence-corrected chi connectivity index (χ1v) is 11.8. The van der Waals surface area contributed by atoms with Gasteiger partial charge in [0.25, 0.3) is 5.91 Å². The predicted molar refractivity (Wildman–Crippen MR) is 130 cm³/mol.